The van der Waals surface area contributed by atoms with Gasteiger partial charge in [-0.25, -0.2) is 0 Å². The Balaban J connectivity index is 1.65. The standard InChI is InChI=1S/C21H31ClO4/c1-12(23)26-13-6-9-20(3)16-7-8-19(2)15(4-5-17(19)24)14(16)10-18(25)21(20,22)11-13/h13-16,18,25H,4-11H2,1-3H3/t13?,14-,15-,16+,18?,19-,20+,21?/m0/s1. The fraction of sp³-hybridized carbons (Fsp3) is 0.905. The number of esters is 1. The van der Waals surface area contributed by atoms with Crippen LogP contribution in [-0.2, 0) is 14.3 Å². The van der Waals surface area contributed by atoms with E-state index in [1.54, 1.807) is 0 Å². The normalized spacial score (nSPS) is 53.4. The van der Waals surface area contributed by atoms with Crippen molar-refractivity contribution >= 4 is 23.4 Å². The van der Waals surface area contributed by atoms with E-state index in [2.05, 4.69) is 13.8 Å². The zero-order valence-electron chi connectivity index (χ0n) is 16.1. The number of fused-ring (bicyclic) bond motifs is 5. The lowest BCUT2D eigenvalue weighted by Gasteiger charge is -2.64. The lowest BCUT2D eigenvalue weighted by atomic mass is 9.44. The molecule has 4 rings (SSSR count). The molecule has 0 spiro atoms. The lowest BCUT2D eigenvalue weighted by Crippen LogP contribution is -2.66. The van der Waals surface area contributed by atoms with Gasteiger partial charge in [0.15, 0.2) is 0 Å². The van der Waals surface area contributed by atoms with E-state index < -0.39 is 11.0 Å². The molecule has 4 aliphatic carbocycles. The molecule has 0 aromatic heterocycles. The van der Waals surface area contributed by atoms with Crippen molar-refractivity contribution < 1.29 is 19.4 Å². The Hall–Kier alpha value is -0.610. The van der Waals surface area contributed by atoms with Crippen molar-refractivity contribution in [1.82, 2.24) is 0 Å². The first kappa shape index (κ1) is 18.7. The number of Topliss-reactive ketones (excluding diaryl/α,β-unsaturated/α-hetero) is 1. The van der Waals surface area contributed by atoms with Gasteiger partial charge < -0.3 is 9.84 Å². The van der Waals surface area contributed by atoms with E-state index in [9.17, 15) is 14.7 Å². The van der Waals surface area contributed by atoms with Crippen molar-refractivity contribution in [2.45, 2.75) is 89.2 Å². The van der Waals surface area contributed by atoms with Crippen LogP contribution in [0.25, 0.3) is 0 Å². The summed E-state index contributed by atoms with van der Waals surface area (Å²) in [5, 5.41) is 11.1. The van der Waals surface area contributed by atoms with Gasteiger partial charge >= 0.3 is 5.97 Å². The molecule has 4 saturated carbocycles. The van der Waals surface area contributed by atoms with Gasteiger partial charge in [-0.1, -0.05) is 13.8 Å². The third-order valence-corrected chi connectivity index (χ3v) is 9.62. The van der Waals surface area contributed by atoms with Crippen LogP contribution in [0.5, 0.6) is 0 Å². The molecular formula is C21H31ClO4. The Labute approximate surface area is 161 Å². The third-order valence-electron chi connectivity index (χ3n) is 8.78. The zero-order chi connectivity index (χ0) is 18.9. The molecule has 4 nitrogen and oxygen atoms in total. The molecule has 0 aromatic carbocycles. The molecule has 3 unspecified atom stereocenters. The average Bonchev–Trinajstić information content (AvgIpc) is 2.86. The van der Waals surface area contributed by atoms with Gasteiger partial charge in [-0.15, -0.1) is 11.6 Å². The second-order valence-electron chi connectivity index (χ2n) is 9.80. The number of ketones is 1. The number of aliphatic hydroxyl groups is 1. The van der Waals surface area contributed by atoms with Crippen LogP contribution in [-0.4, -0.2) is 33.9 Å². The van der Waals surface area contributed by atoms with Gasteiger partial charge in [0.1, 0.15) is 11.9 Å². The van der Waals surface area contributed by atoms with Crippen LogP contribution in [0, 0.1) is 28.6 Å². The molecule has 0 heterocycles. The molecule has 8 atom stereocenters. The van der Waals surface area contributed by atoms with Crippen molar-refractivity contribution in [2.24, 2.45) is 28.6 Å². The largest absolute Gasteiger partial charge is 0.462 e. The van der Waals surface area contributed by atoms with E-state index in [4.69, 9.17) is 16.3 Å². The number of aliphatic hydroxyl groups excluding tert-OH is 1. The molecule has 146 valence electrons. The third kappa shape index (κ3) is 2.37. The summed E-state index contributed by atoms with van der Waals surface area (Å²) >= 11 is 7.16. The number of carbonyl (C=O) groups is 2. The quantitative estimate of drug-likeness (QED) is 0.552. The first-order valence-corrected chi connectivity index (χ1v) is 10.6. The number of carbonyl (C=O) groups excluding carboxylic acids is 2. The van der Waals surface area contributed by atoms with Crippen molar-refractivity contribution in [3.8, 4) is 0 Å². The van der Waals surface area contributed by atoms with E-state index in [-0.39, 0.29) is 22.9 Å². The van der Waals surface area contributed by atoms with E-state index in [1.807, 2.05) is 0 Å². The van der Waals surface area contributed by atoms with E-state index >= 15 is 0 Å². The summed E-state index contributed by atoms with van der Waals surface area (Å²) in [6, 6.07) is 0. The molecule has 0 radical (unpaired) electrons. The van der Waals surface area contributed by atoms with Crippen LogP contribution in [0.4, 0.5) is 0 Å². The van der Waals surface area contributed by atoms with Crippen LogP contribution >= 0.6 is 11.6 Å². The fourth-order valence-electron chi connectivity index (χ4n) is 7.30. The highest BCUT2D eigenvalue weighted by molar-refractivity contribution is 6.25. The van der Waals surface area contributed by atoms with Gasteiger partial charge in [0.25, 0.3) is 0 Å². The molecule has 5 heteroatoms. The molecule has 0 saturated heterocycles. The smallest absolute Gasteiger partial charge is 0.302 e. The molecule has 0 aromatic rings. The molecule has 0 bridgehead atoms. The molecule has 0 aliphatic heterocycles. The summed E-state index contributed by atoms with van der Waals surface area (Å²) in [5.74, 6) is 1.33. The van der Waals surface area contributed by atoms with Crippen molar-refractivity contribution in [2.75, 3.05) is 0 Å². The number of alkyl halides is 1. The molecule has 26 heavy (non-hydrogen) atoms. The molecule has 0 amide bonds. The van der Waals surface area contributed by atoms with E-state index in [0.717, 1.165) is 32.1 Å². The predicted octanol–water partition coefficient (Wildman–Crippen LogP) is 3.86. The number of rotatable bonds is 1. The molecule has 1 N–H and O–H groups in total. The highest BCUT2D eigenvalue weighted by Gasteiger charge is 2.67. The predicted molar refractivity (Wildman–Crippen MR) is 98.8 cm³/mol. The lowest BCUT2D eigenvalue weighted by molar-refractivity contribution is -0.171. The Morgan fingerprint density at radius 3 is 2.62 bits per heavy atom. The van der Waals surface area contributed by atoms with Crippen LogP contribution in [0.15, 0.2) is 0 Å². The highest BCUT2D eigenvalue weighted by atomic mass is 35.5. The molecular weight excluding hydrogens is 352 g/mol. The first-order chi connectivity index (χ1) is 12.1. The maximum absolute atomic E-state index is 12.5. The Bertz CT molecular complexity index is 636. The van der Waals surface area contributed by atoms with Gasteiger partial charge in [-0.3, -0.25) is 9.59 Å². The first-order valence-electron chi connectivity index (χ1n) is 10.2. The van der Waals surface area contributed by atoms with Gasteiger partial charge in [-0.05, 0) is 61.7 Å². The Morgan fingerprint density at radius 1 is 1.19 bits per heavy atom. The summed E-state index contributed by atoms with van der Waals surface area (Å²) in [7, 11) is 0. The molecule has 4 aliphatic rings. The summed E-state index contributed by atoms with van der Waals surface area (Å²) in [6.07, 6.45) is 5.66. The van der Waals surface area contributed by atoms with Crippen LogP contribution in [0.3, 0.4) is 0 Å². The topological polar surface area (TPSA) is 63.6 Å². The number of hydrogen-bond acceptors (Lipinski definition) is 4. The number of hydrogen-bond donors (Lipinski definition) is 1. The van der Waals surface area contributed by atoms with Crippen molar-refractivity contribution in [3.05, 3.63) is 0 Å². The maximum atomic E-state index is 12.5. The second-order valence-corrected chi connectivity index (χ2v) is 10.5. The van der Waals surface area contributed by atoms with Crippen LogP contribution in [0.2, 0.25) is 0 Å². The summed E-state index contributed by atoms with van der Waals surface area (Å²) < 4.78 is 5.46. The van der Waals surface area contributed by atoms with Crippen molar-refractivity contribution in [1.29, 1.82) is 0 Å². The summed E-state index contributed by atoms with van der Waals surface area (Å²) in [5.41, 5.74) is -0.376. The monoisotopic (exact) mass is 382 g/mol. The average molecular weight is 383 g/mol. The van der Waals surface area contributed by atoms with Crippen LogP contribution < -0.4 is 0 Å². The van der Waals surface area contributed by atoms with E-state index in [0.29, 0.717) is 42.8 Å². The van der Waals surface area contributed by atoms with Gasteiger partial charge in [-0.2, -0.15) is 0 Å². The van der Waals surface area contributed by atoms with Gasteiger partial charge in [0.05, 0.1) is 11.0 Å². The SMILES string of the molecule is CC(=O)OC1CC[C@]2(C)[C@@H]3CC[C@]4(C)C(=O)CC[C@H]4[C@@H]3CC(O)C2(Cl)C1. The van der Waals surface area contributed by atoms with Gasteiger partial charge in [0, 0.05) is 25.2 Å². The van der Waals surface area contributed by atoms with Crippen molar-refractivity contribution in [3.63, 3.8) is 0 Å². The number of halogens is 1. The second kappa shape index (κ2) is 5.94. The Morgan fingerprint density at radius 2 is 1.92 bits per heavy atom. The minimum absolute atomic E-state index is 0.180. The van der Waals surface area contributed by atoms with Crippen LogP contribution in [0.1, 0.15) is 72.1 Å². The minimum Gasteiger partial charge on any atom is -0.462 e. The highest BCUT2D eigenvalue weighted by Crippen LogP contribution is 2.68. The maximum Gasteiger partial charge on any atom is 0.302 e. The minimum atomic E-state index is -0.747. The van der Waals surface area contributed by atoms with E-state index in [1.165, 1.54) is 6.92 Å². The summed E-state index contributed by atoms with van der Waals surface area (Å²) in [4.78, 5) is 23.2. The fourth-order valence-corrected chi connectivity index (χ4v) is 7.80. The molecule has 4 fully saturated rings. The van der Waals surface area contributed by atoms with Gasteiger partial charge in [0.2, 0.25) is 0 Å². The summed E-state index contributed by atoms with van der Waals surface area (Å²) in [6.45, 7) is 5.82. The Kier molecular flexibility index (Phi) is 4.28. The zero-order valence-corrected chi connectivity index (χ0v) is 16.8. The number of ether oxygens (including phenoxy) is 1.